The largest absolute Gasteiger partial charge is 0.369 e. The van der Waals surface area contributed by atoms with Crippen LogP contribution in [0.3, 0.4) is 0 Å². The first-order valence-electron chi connectivity index (χ1n) is 7.53. The van der Waals surface area contributed by atoms with Crippen LogP contribution in [0, 0.1) is 5.92 Å². The summed E-state index contributed by atoms with van der Waals surface area (Å²) >= 11 is 0. The van der Waals surface area contributed by atoms with E-state index in [9.17, 15) is 4.79 Å². The normalized spacial score (nSPS) is 10.5. The molecule has 2 aromatic rings. The molecule has 2 rings (SSSR count). The Morgan fingerprint density at radius 3 is 2.55 bits per heavy atom. The van der Waals surface area contributed by atoms with Crippen LogP contribution in [0.5, 0.6) is 0 Å². The lowest BCUT2D eigenvalue weighted by Crippen LogP contribution is -2.24. The molecule has 0 atom stereocenters. The van der Waals surface area contributed by atoms with Gasteiger partial charge >= 0.3 is 0 Å². The topological polar surface area (TPSA) is 66.9 Å². The first-order chi connectivity index (χ1) is 10.6. The van der Waals surface area contributed by atoms with Crippen LogP contribution in [0.1, 0.15) is 36.3 Å². The Labute approximate surface area is 131 Å². The third-order valence-corrected chi connectivity index (χ3v) is 3.21. The van der Waals surface area contributed by atoms with E-state index in [2.05, 4.69) is 34.4 Å². The highest BCUT2D eigenvalue weighted by atomic mass is 16.1. The lowest BCUT2D eigenvalue weighted by molar-refractivity contribution is 0.0945. The molecule has 5 nitrogen and oxygen atoms in total. The molecule has 0 aliphatic rings. The van der Waals surface area contributed by atoms with Crippen molar-refractivity contribution in [2.45, 2.75) is 26.8 Å². The lowest BCUT2D eigenvalue weighted by Gasteiger charge is -2.08. The van der Waals surface area contributed by atoms with E-state index in [0.29, 0.717) is 24.0 Å². The van der Waals surface area contributed by atoms with Crippen molar-refractivity contribution in [2.75, 3.05) is 11.9 Å². The van der Waals surface area contributed by atoms with Crippen molar-refractivity contribution in [2.24, 2.45) is 5.92 Å². The number of aromatic nitrogens is 2. The van der Waals surface area contributed by atoms with Gasteiger partial charge in [-0.15, -0.1) is 0 Å². The van der Waals surface area contributed by atoms with Crippen LogP contribution in [0.2, 0.25) is 0 Å². The molecule has 0 saturated carbocycles. The zero-order valence-electron chi connectivity index (χ0n) is 13.0. The number of carbonyl (C=O) groups is 1. The van der Waals surface area contributed by atoms with Crippen molar-refractivity contribution >= 4 is 11.7 Å². The summed E-state index contributed by atoms with van der Waals surface area (Å²) in [6.45, 7) is 5.68. The summed E-state index contributed by atoms with van der Waals surface area (Å²) in [5, 5.41) is 6.03. The molecule has 0 aliphatic carbocycles. The van der Waals surface area contributed by atoms with E-state index in [0.717, 1.165) is 18.5 Å². The van der Waals surface area contributed by atoms with E-state index in [1.807, 2.05) is 30.3 Å². The monoisotopic (exact) mass is 298 g/mol. The van der Waals surface area contributed by atoms with Crippen LogP contribution in [-0.2, 0) is 6.54 Å². The molecule has 0 unspecified atom stereocenters. The third kappa shape index (κ3) is 5.16. The van der Waals surface area contributed by atoms with Crippen molar-refractivity contribution in [1.82, 2.24) is 15.3 Å². The quantitative estimate of drug-likeness (QED) is 0.825. The molecule has 0 saturated heterocycles. The summed E-state index contributed by atoms with van der Waals surface area (Å²) in [5.41, 5.74) is 1.38. The van der Waals surface area contributed by atoms with Gasteiger partial charge in [0.05, 0.1) is 12.4 Å². The predicted molar refractivity (Wildman–Crippen MR) is 87.6 cm³/mol. The Kier molecular flexibility index (Phi) is 5.89. The second-order valence-corrected chi connectivity index (χ2v) is 5.56. The first kappa shape index (κ1) is 15.9. The maximum atomic E-state index is 12.0. The van der Waals surface area contributed by atoms with Crippen molar-refractivity contribution < 1.29 is 4.79 Å². The fraction of sp³-hybridized carbons (Fsp3) is 0.353. The van der Waals surface area contributed by atoms with Gasteiger partial charge in [-0.3, -0.25) is 4.79 Å². The van der Waals surface area contributed by atoms with Gasteiger partial charge in [0.1, 0.15) is 11.5 Å². The van der Waals surface area contributed by atoms with E-state index < -0.39 is 0 Å². The van der Waals surface area contributed by atoms with E-state index in [1.54, 1.807) is 6.20 Å². The van der Waals surface area contributed by atoms with Crippen LogP contribution < -0.4 is 10.6 Å². The average molecular weight is 298 g/mol. The highest BCUT2D eigenvalue weighted by Crippen LogP contribution is 2.04. The number of rotatable bonds is 7. The van der Waals surface area contributed by atoms with Gasteiger partial charge in [0.25, 0.3) is 5.91 Å². The zero-order chi connectivity index (χ0) is 15.8. The van der Waals surface area contributed by atoms with Crippen LogP contribution in [-0.4, -0.2) is 22.4 Å². The maximum Gasteiger partial charge on any atom is 0.271 e. The number of amides is 1. The second kappa shape index (κ2) is 8.12. The Morgan fingerprint density at radius 2 is 1.91 bits per heavy atom. The third-order valence-electron chi connectivity index (χ3n) is 3.21. The Morgan fingerprint density at radius 1 is 1.14 bits per heavy atom. The Bertz CT molecular complexity index is 581. The van der Waals surface area contributed by atoms with E-state index >= 15 is 0 Å². The molecular weight excluding hydrogens is 276 g/mol. The summed E-state index contributed by atoms with van der Waals surface area (Å²) in [6.07, 6.45) is 4.16. The molecule has 1 aromatic carbocycles. The molecule has 0 radical (unpaired) electrons. The minimum absolute atomic E-state index is 0.218. The van der Waals surface area contributed by atoms with Crippen LogP contribution >= 0.6 is 0 Å². The predicted octanol–water partition coefficient (Wildman–Crippen LogP) is 2.86. The molecule has 0 aliphatic heterocycles. The van der Waals surface area contributed by atoms with Crippen LogP contribution in [0.15, 0.2) is 42.7 Å². The number of carbonyl (C=O) groups excluding carboxylic acids is 1. The molecule has 2 N–H and O–H groups in total. The molecule has 22 heavy (non-hydrogen) atoms. The van der Waals surface area contributed by atoms with Crippen molar-refractivity contribution in [3.63, 3.8) is 0 Å². The van der Waals surface area contributed by atoms with Crippen LogP contribution in [0.25, 0.3) is 0 Å². The van der Waals surface area contributed by atoms with Gasteiger partial charge < -0.3 is 10.6 Å². The molecule has 0 fully saturated rings. The van der Waals surface area contributed by atoms with Gasteiger partial charge in [0.15, 0.2) is 0 Å². The van der Waals surface area contributed by atoms with Gasteiger partial charge in [0, 0.05) is 13.1 Å². The summed E-state index contributed by atoms with van der Waals surface area (Å²) in [5.74, 6) is 1.12. The highest BCUT2D eigenvalue weighted by molar-refractivity contribution is 5.91. The smallest absolute Gasteiger partial charge is 0.271 e. The highest BCUT2D eigenvalue weighted by Gasteiger charge is 2.07. The SMILES string of the molecule is CC(C)CCNc1cnc(C(=O)NCc2ccccc2)cn1. The summed E-state index contributed by atoms with van der Waals surface area (Å²) < 4.78 is 0. The fourth-order valence-corrected chi connectivity index (χ4v) is 1.89. The minimum atomic E-state index is -0.218. The molecule has 5 heteroatoms. The fourth-order valence-electron chi connectivity index (χ4n) is 1.89. The summed E-state index contributed by atoms with van der Waals surface area (Å²) in [4.78, 5) is 20.4. The second-order valence-electron chi connectivity index (χ2n) is 5.56. The van der Waals surface area contributed by atoms with Crippen molar-refractivity contribution in [3.8, 4) is 0 Å². The van der Waals surface area contributed by atoms with Crippen molar-refractivity contribution in [1.29, 1.82) is 0 Å². The number of benzene rings is 1. The van der Waals surface area contributed by atoms with Gasteiger partial charge in [-0.1, -0.05) is 44.2 Å². The van der Waals surface area contributed by atoms with Gasteiger partial charge in [-0.2, -0.15) is 0 Å². The molecule has 0 spiro atoms. The maximum absolute atomic E-state index is 12.0. The molecule has 1 amide bonds. The van der Waals surface area contributed by atoms with Gasteiger partial charge in [-0.05, 0) is 17.9 Å². The van der Waals surface area contributed by atoms with Crippen molar-refractivity contribution in [3.05, 3.63) is 54.0 Å². The van der Waals surface area contributed by atoms with E-state index in [1.165, 1.54) is 6.20 Å². The molecule has 1 heterocycles. The van der Waals surface area contributed by atoms with Crippen LogP contribution in [0.4, 0.5) is 5.82 Å². The number of hydrogen-bond donors (Lipinski definition) is 2. The summed E-state index contributed by atoms with van der Waals surface area (Å²) in [7, 11) is 0. The number of nitrogens with zero attached hydrogens (tertiary/aromatic N) is 2. The van der Waals surface area contributed by atoms with E-state index in [-0.39, 0.29) is 5.91 Å². The Balaban J connectivity index is 1.83. The minimum Gasteiger partial charge on any atom is -0.369 e. The summed E-state index contributed by atoms with van der Waals surface area (Å²) in [6, 6.07) is 9.76. The standard InChI is InChI=1S/C17H22N4O/c1-13(2)8-9-18-16-12-19-15(11-20-16)17(22)21-10-14-6-4-3-5-7-14/h3-7,11-13H,8-10H2,1-2H3,(H,18,20)(H,21,22). The van der Waals surface area contributed by atoms with E-state index in [4.69, 9.17) is 0 Å². The van der Waals surface area contributed by atoms with Gasteiger partial charge in [0.2, 0.25) is 0 Å². The molecule has 1 aromatic heterocycles. The van der Waals surface area contributed by atoms with Gasteiger partial charge in [-0.25, -0.2) is 9.97 Å². The first-order valence-corrected chi connectivity index (χ1v) is 7.53. The zero-order valence-corrected chi connectivity index (χ0v) is 13.0. The molecule has 116 valence electrons. The number of nitrogens with one attached hydrogen (secondary N) is 2. The Hall–Kier alpha value is -2.43. The number of hydrogen-bond acceptors (Lipinski definition) is 4. The lowest BCUT2D eigenvalue weighted by atomic mass is 10.1. The molecule has 0 bridgehead atoms. The number of anilines is 1. The average Bonchev–Trinajstić information content (AvgIpc) is 2.54. The molecular formula is C17H22N4O.